The van der Waals surface area contributed by atoms with Crippen molar-refractivity contribution in [3.63, 3.8) is 0 Å². The summed E-state index contributed by atoms with van der Waals surface area (Å²) in [5.41, 5.74) is 4.82. The smallest absolute Gasteiger partial charge is 0.312 e. The number of nitrogens with two attached hydrogens (primary N) is 1. The molecule has 0 aliphatic carbocycles. The van der Waals surface area contributed by atoms with Gasteiger partial charge >= 0.3 is 6.03 Å². The number of primary amides is 1. The van der Waals surface area contributed by atoms with Gasteiger partial charge < -0.3 is 20.9 Å². The number of anilines is 1. The van der Waals surface area contributed by atoms with E-state index in [1.165, 1.54) is 0 Å². The van der Waals surface area contributed by atoms with Crippen LogP contribution in [0.2, 0.25) is 0 Å². The van der Waals surface area contributed by atoms with Crippen molar-refractivity contribution >= 4 is 17.8 Å². The lowest BCUT2D eigenvalue weighted by Crippen LogP contribution is -2.59. The highest BCUT2D eigenvalue weighted by atomic mass is 16.2. The molecule has 1 aliphatic heterocycles. The number of rotatable bonds is 3. The van der Waals surface area contributed by atoms with E-state index >= 15 is 0 Å². The van der Waals surface area contributed by atoms with Gasteiger partial charge in [-0.05, 0) is 18.4 Å². The number of amides is 3. The molecule has 3 N–H and O–H groups in total. The highest BCUT2D eigenvalue weighted by molar-refractivity contribution is 5.87. The maximum absolute atomic E-state index is 12.8. The molecule has 1 fully saturated rings. The molecule has 132 valence electrons. The lowest BCUT2D eigenvalue weighted by molar-refractivity contribution is -0.136. The number of aryl methyl sites for hydroxylation is 1. The number of nitrogens with one attached hydrogen (secondary N) is 1. The number of urea groups is 1. The summed E-state index contributed by atoms with van der Waals surface area (Å²) in [4.78, 5) is 36.4. The maximum atomic E-state index is 12.8. The van der Waals surface area contributed by atoms with Gasteiger partial charge in [0.2, 0.25) is 5.91 Å². The normalized spacial score (nSPS) is 16.7. The molecular formula is C16H26N6O2. The Labute approximate surface area is 142 Å². The number of piperazine rings is 1. The highest BCUT2D eigenvalue weighted by Crippen LogP contribution is 2.22. The number of hydrogen-bond acceptors (Lipinski definition) is 5. The summed E-state index contributed by atoms with van der Waals surface area (Å²) in [5.74, 6) is 1.50. The van der Waals surface area contributed by atoms with Gasteiger partial charge in [-0.15, -0.1) is 0 Å². The molecule has 1 unspecified atom stereocenters. The molecule has 2 heterocycles. The van der Waals surface area contributed by atoms with Crippen molar-refractivity contribution in [2.24, 2.45) is 11.1 Å². The van der Waals surface area contributed by atoms with Crippen LogP contribution in [0, 0.1) is 12.3 Å². The van der Waals surface area contributed by atoms with Crippen molar-refractivity contribution in [1.29, 1.82) is 0 Å². The molecule has 0 bridgehead atoms. The van der Waals surface area contributed by atoms with Crippen molar-refractivity contribution < 1.29 is 9.59 Å². The third kappa shape index (κ3) is 4.33. The summed E-state index contributed by atoms with van der Waals surface area (Å²) in [6.45, 7) is 10.1. The Balaban J connectivity index is 2.02. The summed E-state index contributed by atoms with van der Waals surface area (Å²) in [5, 5.41) is 2.58. The van der Waals surface area contributed by atoms with E-state index in [0.29, 0.717) is 26.2 Å². The predicted octanol–water partition coefficient (Wildman–Crippen LogP) is 0.517. The molecule has 24 heavy (non-hydrogen) atoms. The number of hydrogen-bond donors (Lipinski definition) is 2. The number of carbonyl (C=O) groups excluding carboxylic acids is 2. The highest BCUT2D eigenvalue weighted by Gasteiger charge is 2.36. The van der Waals surface area contributed by atoms with Crippen molar-refractivity contribution in [1.82, 2.24) is 20.2 Å². The first kappa shape index (κ1) is 18.0. The van der Waals surface area contributed by atoms with Gasteiger partial charge in [-0.2, -0.15) is 0 Å². The van der Waals surface area contributed by atoms with Crippen LogP contribution in [0.1, 0.15) is 26.6 Å². The van der Waals surface area contributed by atoms with E-state index in [1.54, 1.807) is 11.1 Å². The van der Waals surface area contributed by atoms with E-state index in [2.05, 4.69) is 20.2 Å². The van der Waals surface area contributed by atoms with Gasteiger partial charge in [0.25, 0.3) is 0 Å². The minimum absolute atomic E-state index is 0.0974. The summed E-state index contributed by atoms with van der Waals surface area (Å²) in [6.07, 6.45) is 1.74. The molecule has 1 aromatic rings. The van der Waals surface area contributed by atoms with Gasteiger partial charge in [-0.25, -0.2) is 14.8 Å². The SMILES string of the molecule is Cc1nccc(N2CCN(C(=O)C(NC(N)=O)C(C)(C)C)CC2)n1. The van der Waals surface area contributed by atoms with E-state index < -0.39 is 17.5 Å². The second-order valence-electron chi connectivity index (χ2n) is 7.08. The van der Waals surface area contributed by atoms with Gasteiger partial charge in [0, 0.05) is 32.4 Å². The first-order valence-electron chi connectivity index (χ1n) is 8.08. The van der Waals surface area contributed by atoms with Gasteiger partial charge in [-0.3, -0.25) is 4.79 Å². The van der Waals surface area contributed by atoms with Crippen molar-refractivity contribution in [2.75, 3.05) is 31.1 Å². The van der Waals surface area contributed by atoms with Crippen LogP contribution in [0.15, 0.2) is 12.3 Å². The van der Waals surface area contributed by atoms with E-state index in [1.807, 2.05) is 33.8 Å². The van der Waals surface area contributed by atoms with Crippen molar-refractivity contribution in [3.8, 4) is 0 Å². The minimum Gasteiger partial charge on any atom is -0.353 e. The summed E-state index contributed by atoms with van der Waals surface area (Å²) < 4.78 is 0. The molecule has 3 amide bonds. The summed E-state index contributed by atoms with van der Waals surface area (Å²) >= 11 is 0. The van der Waals surface area contributed by atoms with Crippen LogP contribution in [0.3, 0.4) is 0 Å². The molecule has 2 rings (SSSR count). The van der Waals surface area contributed by atoms with E-state index in [-0.39, 0.29) is 5.91 Å². The summed E-state index contributed by atoms with van der Waals surface area (Å²) in [7, 11) is 0. The van der Waals surface area contributed by atoms with E-state index in [4.69, 9.17) is 5.73 Å². The Kier molecular flexibility index (Phi) is 5.26. The first-order valence-corrected chi connectivity index (χ1v) is 8.08. The fourth-order valence-electron chi connectivity index (χ4n) is 2.75. The monoisotopic (exact) mass is 334 g/mol. The van der Waals surface area contributed by atoms with Crippen molar-refractivity contribution in [3.05, 3.63) is 18.1 Å². The molecule has 1 aliphatic rings. The second-order valence-corrected chi connectivity index (χ2v) is 7.08. The molecule has 1 saturated heterocycles. The average Bonchev–Trinajstić information content (AvgIpc) is 2.51. The van der Waals surface area contributed by atoms with Crippen LogP contribution < -0.4 is 16.0 Å². The van der Waals surface area contributed by atoms with Crippen molar-refractivity contribution in [2.45, 2.75) is 33.7 Å². The molecule has 0 saturated carbocycles. The lowest BCUT2D eigenvalue weighted by atomic mass is 9.85. The molecular weight excluding hydrogens is 308 g/mol. The third-order valence-electron chi connectivity index (χ3n) is 4.08. The van der Waals surface area contributed by atoms with Crippen LogP contribution in [-0.4, -0.2) is 59.0 Å². The predicted molar refractivity (Wildman–Crippen MR) is 91.5 cm³/mol. The molecule has 0 radical (unpaired) electrons. The Hall–Kier alpha value is -2.38. The molecule has 8 nitrogen and oxygen atoms in total. The lowest BCUT2D eigenvalue weighted by Gasteiger charge is -2.39. The second kappa shape index (κ2) is 7.02. The van der Waals surface area contributed by atoms with Gasteiger partial charge in [-0.1, -0.05) is 20.8 Å². The Morgan fingerprint density at radius 3 is 2.38 bits per heavy atom. The number of nitrogens with zero attached hydrogens (tertiary/aromatic N) is 4. The third-order valence-corrected chi connectivity index (χ3v) is 4.08. The zero-order valence-electron chi connectivity index (χ0n) is 14.7. The first-order chi connectivity index (χ1) is 11.2. The zero-order valence-corrected chi connectivity index (χ0v) is 14.7. The molecule has 0 aromatic carbocycles. The quantitative estimate of drug-likeness (QED) is 0.838. The van der Waals surface area contributed by atoms with Gasteiger partial charge in [0.15, 0.2) is 0 Å². The van der Waals surface area contributed by atoms with E-state index in [9.17, 15) is 9.59 Å². The number of carbonyl (C=O) groups is 2. The van der Waals surface area contributed by atoms with E-state index in [0.717, 1.165) is 11.6 Å². The summed E-state index contributed by atoms with van der Waals surface area (Å²) in [6, 6.07) is 0.554. The standard InChI is InChI=1S/C16H26N6O2/c1-11-18-6-5-12(19-11)21-7-9-22(10-8-21)14(23)13(16(2,3)4)20-15(17)24/h5-6,13H,7-10H2,1-4H3,(H3,17,20,24). The van der Waals surface area contributed by atoms with Crippen LogP contribution >= 0.6 is 0 Å². The zero-order chi connectivity index (χ0) is 17.9. The fraction of sp³-hybridized carbons (Fsp3) is 0.625. The van der Waals surface area contributed by atoms with Crippen LogP contribution in [0.5, 0.6) is 0 Å². The molecule has 1 atom stereocenters. The van der Waals surface area contributed by atoms with Crippen LogP contribution in [-0.2, 0) is 4.79 Å². The van der Waals surface area contributed by atoms with Gasteiger partial charge in [0.1, 0.15) is 17.7 Å². The fourth-order valence-corrected chi connectivity index (χ4v) is 2.75. The maximum Gasteiger partial charge on any atom is 0.312 e. The van der Waals surface area contributed by atoms with Crippen LogP contribution in [0.25, 0.3) is 0 Å². The average molecular weight is 334 g/mol. The molecule has 1 aromatic heterocycles. The topological polar surface area (TPSA) is 104 Å². The number of aromatic nitrogens is 2. The molecule has 8 heteroatoms. The van der Waals surface area contributed by atoms with Gasteiger partial charge in [0.05, 0.1) is 0 Å². The molecule has 0 spiro atoms. The Morgan fingerprint density at radius 2 is 1.88 bits per heavy atom. The minimum atomic E-state index is -0.682. The Morgan fingerprint density at radius 1 is 1.25 bits per heavy atom. The largest absolute Gasteiger partial charge is 0.353 e. The van der Waals surface area contributed by atoms with Crippen LogP contribution in [0.4, 0.5) is 10.6 Å². The Bertz CT molecular complexity index is 605.